The third kappa shape index (κ3) is 8.45. The summed E-state index contributed by atoms with van der Waals surface area (Å²) < 4.78 is 33.1. The molecule has 2 rings (SSSR count). The molecule has 10 nitrogen and oxygen atoms in total. The molecule has 1 atom stereocenters. The molecule has 0 aliphatic rings. The topological polar surface area (TPSA) is 166 Å². The minimum atomic E-state index is -4.30. The van der Waals surface area contributed by atoms with E-state index in [4.69, 9.17) is 55.8 Å². The van der Waals surface area contributed by atoms with Crippen LogP contribution in [0.15, 0.2) is 46.4 Å². The Morgan fingerprint density at radius 1 is 1.06 bits per heavy atom. The zero-order chi connectivity index (χ0) is 24.6. The molecule has 0 aliphatic carbocycles. The smallest absolute Gasteiger partial charge is 0.322 e. The van der Waals surface area contributed by atoms with Gasteiger partial charge in [0.2, 0.25) is 16.0 Å². The van der Waals surface area contributed by atoms with Crippen LogP contribution < -0.4 is 20.9 Å². The van der Waals surface area contributed by atoms with Crippen LogP contribution in [0.25, 0.3) is 0 Å². The third-order valence-corrected chi connectivity index (χ3v) is 6.70. The zero-order valence-electron chi connectivity index (χ0n) is 17.0. The number of nitrogens with two attached hydrogens (primary N) is 2. The summed E-state index contributed by atoms with van der Waals surface area (Å²) in [6, 6.07) is 7.29. The van der Waals surface area contributed by atoms with E-state index in [1.165, 1.54) is 6.07 Å². The van der Waals surface area contributed by atoms with Crippen molar-refractivity contribution >= 4 is 56.8 Å². The Hall–Kier alpha value is -2.44. The van der Waals surface area contributed by atoms with E-state index in [0.717, 1.165) is 6.07 Å². The van der Waals surface area contributed by atoms with E-state index in [2.05, 4.69) is 9.88 Å². The number of halogens is 3. The predicted molar refractivity (Wildman–Crippen MR) is 125 cm³/mol. The van der Waals surface area contributed by atoms with Crippen molar-refractivity contribution in [2.24, 2.45) is 16.6 Å². The maximum absolute atomic E-state index is 12.7. The van der Waals surface area contributed by atoms with Gasteiger partial charge < -0.3 is 26.1 Å². The van der Waals surface area contributed by atoms with Gasteiger partial charge in [-0.2, -0.15) is 4.72 Å². The highest BCUT2D eigenvalue weighted by Gasteiger charge is 2.28. The number of ether oxygens (including phenoxy) is 1. The Balaban J connectivity index is 2.00. The molecule has 0 saturated heterocycles. The van der Waals surface area contributed by atoms with E-state index in [1.54, 1.807) is 24.3 Å². The number of hydrogen-bond acceptors (Lipinski definition) is 6. The number of carbonyl (C=O) groups is 1. The Kier molecular flexibility index (Phi) is 9.87. The third-order valence-electron chi connectivity index (χ3n) is 4.04. The van der Waals surface area contributed by atoms with Crippen molar-refractivity contribution in [1.29, 1.82) is 0 Å². The molecule has 0 aromatic heterocycles. The van der Waals surface area contributed by atoms with Gasteiger partial charge in [-0.05, 0) is 41.4 Å². The molecule has 0 unspecified atom stereocenters. The highest BCUT2D eigenvalue weighted by atomic mass is 35.5. The van der Waals surface area contributed by atoms with Crippen molar-refractivity contribution in [2.75, 3.05) is 13.2 Å². The van der Waals surface area contributed by atoms with Gasteiger partial charge in [0.15, 0.2) is 0 Å². The van der Waals surface area contributed by atoms with Crippen molar-refractivity contribution in [3.63, 3.8) is 0 Å². The summed E-state index contributed by atoms with van der Waals surface area (Å²) in [6.45, 7) is 0.598. The van der Waals surface area contributed by atoms with Crippen LogP contribution in [0.2, 0.25) is 15.1 Å². The molecule has 2 aromatic carbocycles. The molecule has 0 saturated carbocycles. The number of guanidine groups is 1. The van der Waals surface area contributed by atoms with Crippen molar-refractivity contribution in [2.45, 2.75) is 23.8 Å². The van der Waals surface area contributed by atoms with Crippen LogP contribution in [0, 0.1) is 0 Å². The van der Waals surface area contributed by atoms with Crippen LogP contribution >= 0.6 is 34.8 Å². The van der Waals surface area contributed by atoms with Crippen LogP contribution in [-0.2, 0) is 26.1 Å². The number of sulfonamides is 1. The van der Waals surface area contributed by atoms with Gasteiger partial charge in [-0.1, -0.05) is 46.9 Å². The standard InChI is InChI=1S/C19H21Cl3N4O6S/c20-13-9-15(22)17(10-14(13)21)33(29,30)26-16(18(27)28)8-11-2-4-12(5-3-11)31-6-1-7-32-25-19(23)24/h2-5,9-10,16,26H,1,6-8H2,(H,27,28)(H4,23,24,25)/t16-/m0/s1. The minimum absolute atomic E-state index is 0.0355. The fourth-order valence-corrected chi connectivity index (χ4v) is 4.72. The predicted octanol–water partition coefficient (Wildman–Crippen LogP) is 2.59. The molecule has 0 amide bonds. The number of rotatable bonds is 12. The van der Waals surface area contributed by atoms with Crippen molar-refractivity contribution in [1.82, 2.24) is 4.72 Å². The first kappa shape index (κ1) is 26.8. The summed E-state index contributed by atoms with van der Waals surface area (Å²) in [6.07, 6.45) is 0.402. The van der Waals surface area contributed by atoms with Crippen LogP contribution in [0.4, 0.5) is 0 Å². The van der Waals surface area contributed by atoms with E-state index < -0.39 is 22.0 Å². The van der Waals surface area contributed by atoms with Gasteiger partial charge in [-0.25, -0.2) is 8.42 Å². The first-order valence-electron chi connectivity index (χ1n) is 9.32. The van der Waals surface area contributed by atoms with Gasteiger partial charge in [0.05, 0.1) is 21.7 Å². The van der Waals surface area contributed by atoms with Gasteiger partial charge in [0.25, 0.3) is 0 Å². The molecule has 0 bridgehead atoms. The molecule has 14 heteroatoms. The number of nitrogens with zero attached hydrogens (tertiary/aromatic N) is 1. The quantitative estimate of drug-likeness (QED) is 0.105. The summed E-state index contributed by atoms with van der Waals surface area (Å²) in [7, 11) is -4.30. The average molecular weight is 540 g/mol. The summed E-state index contributed by atoms with van der Waals surface area (Å²) in [4.78, 5) is 16.1. The van der Waals surface area contributed by atoms with Crippen LogP contribution in [0.5, 0.6) is 5.75 Å². The second kappa shape index (κ2) is 12.1. The lowest BCUT2D eigenvalue weighted by Crippen LogP contribution is -2.42. The fraction of sp³-hybridized carbons (Fsp3) is 0.263. The lowest BCUT2D eigenvalue weighted by atomic mass is 10.1. The lowest BCUT2D eigenvalue weighted by Gasteiger charge is -2.16. The van der Waals surface area contributed by atoms with Crippen LogP contribution in [0.1, 0.15) is 12.0 Å². The first-order valence-corrected chi connectivity index (χ1v) is 11.9. The van der Waals surface area contributed by atoms with Gasteiger partial charge in [-0.15, -0.1) is 0 Å². The van der Waals surface area contributed by atoms with Gasteiger partial charge in [-0.3, -0.25) is 4.79 Å². The Morgan fingerprint density at radius 2 is 1.70 bits per heavy atom. The first-order chi connectivity index (χ1) is 15.5. The number of carboxylic acid groups (broad SMARTS) is 1. The summed E-state index contributed by atoms with van der Waals surface area (Å²) in [5, 5.41) is 12.7. The molecule has 0 heterocycles. The van der Waals surface area contributed by atoms with Gasteiger partial charge in [0.1, 0.15) is 23.3 Å². The molecule has 0 radical (unpaired) electrons. The van der Waals surface area contributed by atoms with Crippen molar-refractivity contribution in [3.8, 4) is 5.75 Å². The average Bonchev–Trinajstić information content (AvgIpc) is 2.73. The van der Waals surface area contributed by atoms with E-state index >= 15 is 0 Å². The second-order valence-electron chi connectivity index (χ2n) is 6.61. The maximum atomic E-state index is 12.7. The second-order valence-corrected chi connectivity index (χ2v) is 9.51. The van der Waals surface area contributed by atoms with Crippen LogP contribution in [0.3, 0.4) is 0 Å². The van der Waals surface area contributed by atoms with E-state index in [9.17, 15) is 18.3 Å². The largest absolute Gasteiger partial charge is 0.493 e. The van der Waals surface area contributed by atoms with Crippen molar-refractivity contribution in [3.05, 3.63) is 57.0 Å². The lowest BCUT2D eigenvalue weighted by molar-refractivity contribution is -0.138. The number of hydrogen-bond donors (Lipinski definition) is 4. The summed E-state index contributed by atoms with van der Waals surface area (Å²) >= 11 is 17.7. The van der Waals surface area contributed by atoms with Crippen LogP contribution in [-0.4, -0.2) is 44.7 Å². The minimum Gasteiger partial charge on any atom is -0.493 e. The molecular weight excluding hydrogens is 519 g/mol. The molecule has 0 aliphatic heterocycles. The molecule has 2 aromatic rings. The highest BCUT2D eigenvalue weighted by Crippen LogP contribution is 2.31. The maximum Gasteiger partial charge on any atom is 0.322 e. The van der Waals surface area contributed by atoms with Crippen molar-refractivity contribution < 1.29 is 27.9 Å². The molecule has 6 N–H and O–H groups in total. The van der Waals surface area contributed by atoms with E-state index in [0.29, 0.717) is 24.3 Å². The monoisotopic (exact) mass is 538 g/mol. The van der Waals surface area contributed by atoms with Gasteiger partial charge >= 0.3 is 5.97 Å². The SMILES string of the molecule is NC(N)=NOCCCOc1ccc(C[C@H](NS(=O)(=O)c2cc(Cl)c(Cl)cc2Cl)C(=O)O)cc1. The Morgan fingerprint density at radius 3 is 2.30 bits per heavy atom. The molecule has 0 fully saturated rings. The normalized spacial score (nSPS) is 12.1. The number of oxime groups is 1. The summed E-state index contributed by atoms with van der Waals surface area (Å²) in [5.74, 6) is -1.000. The van der Waals surface area contributed by atoms with E-state index in [-0.39, 0.29) is 39.0 Å². The Bertz CT molecular complexity index is 1110. The van der Waals surface area contributed by atoms with E-state index in [1.807, 2.05) is 0 Å². The zero-order valence-corrected chi connectivity index (χ0v) is 20.1. The Labute approximate surface area is 205 Å². The number of nitrogens with one attached hydrogen (secondary N) is 1. The van der Waals surface area contributed by atoms with Gasteiger partial charge in [0, 0.05) is 6.42 Å². The molecule has 0 spiro atoms. The number of aliphatic carboxylic acids is 1. The molecular formula is C19H21Cl3N4O6S. The number of carboxylic acids is 1. The number of benzene rings is 2. The molecule has 33 heavy (non-hydrogen) atoms. The highest BCUT2D eigenvalue weighted by molar-refractivity contribution is 7.89. The molecule has 180 valence electrons. The summed E-state index contributed by atoms with van der Waals surface area (Å²) in [5.41, 5.74) is 10.8. The fourth-order valence-electron chi connectivity index (χ4n) is 2.53.